The molecule has 0 bridgehead atoms. The zero-order valence-corrected chi connectivity index (χ0v) is 10.8. The molecule has 2 atom stereocenters. The van der Waals surface area contributed by atoms with Crippen LogP contribution in [0.3, 0.4) is 0 Å². The van der Waals surface area contributed by atoms with Crippen molar-refractivity contribution in [2.45, 2.75) is 44.2 Å². The minimum atomic E-state index is -0.779. The minimum absolute atomic E-state index is 0.0940. The van der Waals surface area contributed by atoms with Crippen molar-refractivity contribution in [3.63, 3.8) is 0 Å². The highest BCUT2D eigenvalue weighted by molar-refractivity contribution is 5.76. The largest absolute Gasteiger partial charge is 0.389 e. The molecule has 2 unspecified atom stereocenters. The van der Waals surface area contributed by atoms with Crippen LogP contribution in [-0.2, 0) is 9.53 Å². The van der Waals surface area contributed by atoms with E-state index in [2.05, 4.69) is 10.6 Å². The lowest BCUT2D eigenvalue weighted by Gasteiger charge is -2.26. The van der Waals surface area contributed by atoms with Crippen molar-refractivity contribution in [3.05, 3.63) is 0 Å². The van der Waals surface area contributed by atoms with E-state index in [0.29, 0.717) is 26.0 Å². The van der Waals surface area contributed by atoms with Crippen molar-refractivity contribution < 1.29 is 14.6 Å². The van der Waals surface area contributed by atoms with Crippen LogP contribution in [0.2, 0.25) is 0 Å². The van der Waals surface area contributed by atoms with Gasteiger partial charge in [-0.05, 0) is 19.8 Å². The molecule has 1 rings (SSSR count). The number of hydrogen-bond acceptors (Lipinski definition) is 4. The van der Waals surface area contributed by atoms with E-state index >= 15 is 0 Å². The number of nitrogens with one attached hydrogen (secondary N) is 2. The molecule has 1 aliphatic heterocycles. The van der Waals surface area contributed by atoms with Crippen LogP contribution in [-0.4, -0.2) is 49.5 Å². The molecule has 100 valence electrons. The van der Waals surface area contributed by atoms with Gasteiger partial charge in [0.1, 0.15) is 0 Å². The highest BCUT2D eigenvalue weighted by atomic mass is 16.5. The topological polar surface area (TPSA) is 70.6 Å². The fourth-order valence-electron chi connectivity index (χ4n) is 1.92. The Kier molecular flexibility index (Phi) is 5.88. The van der Waals surface area contributed by atoms with Gasteiger partial charge in [0, 0.05) is 45.7 Å². The second-order valence-electron chi connectivity index (χ2n) is 5.01. The van der Waals surface area contributed by atoms with Gasteiger partial charge in [-0.25, -0.2) is 0 Å². The molecule has 0 aromatic carbocycles. The van der Waals surface area contributed by atoms with E-state index in [1.807, 2.05) is 0 Å². The molecule has 1 heterocycles. The molecule has 0 aromatic heterocycles. The van der Waals surface area contributed by atoms with E-state index in [1.54, 1.807) is 14.0 Å². The molecule has 0 aliphatic carbocycles. The van der Waals surface area contributed by atoms with Crippen LogP contribution in [0.5, 0.6) is 0 Å². The van der Waals surface area contributed by atoms with Crippen LogP contribution in [0.15, 0.2) is 0 Å². The Morgan fingerprint density at radius 2 is 2.41 bits per heavy atom. The van der Waals surface area contributed by atoms with Gasteiger partial charge in [-0.15, -0.1) is 0 Å². The van der Waals surface area contributed by atoms with Crippen molar-refractivity contribution in [3.8, 4) is 0 Å². The average Bonchev–Trinajstić information content (AvgIpc) is 2.49. The first-order chi connectivity index (χ1) is 8.03. The SMILES string of the molecule is COCCC(C)(O)CNC1CCCNC(=O)C1. The Balaban J connectivity index is 2.30. The zero-order chi connectivity index (χ0) is 12.7. The van der Waals surface area contributed by atoms with Crippen molar-refractivity contribution >= 4 is 5.91 Å². The molecule has 0 aromatic rings. The molecule has 0 spiro atoms. The number of amides is 1. The first kappa shape index (κ1) is 14.4. The van der Waals surface area contributed by atoms with Crippen molar-refractivity contribution in [1.29, 1.82) is 0 Å². The lowest BCUT2D eigenvalue weighted by atomic mass is 10.0. The van der Waals surface area contributed by atoms with E-state index in [9.17, 15) is 9.90 Å². The number of methoxy groups -OCH3 is 1. The maximum Gasteiger partial charge on any atom is 0.221 e. The molecule has 17 heavy (non-hydrogen) atoms. The van der Waals surface area contributed by atoms with Gasteiger partial charge < -0.3 is 20.5 Å². The number of ether oxygens (including phenoxy) is 1. The highest BCUT2D eigenvalue weighted by Gasteiger charge is 2.23. The number of aliphatic hydroxyl groups is 1. The van der Waals surface area contributed by atoms with E-state index in [-0.39, 0.29) is 11.9 Å². The number of hydrogen-bond donors (Lipinski definition) is 3. The molecule has 1 fully saturated rings. The van der Waals surface area contributed by atoms with Crippen LogP contribution >= 0.6 is 0 Å². The van der Waals surface area contributed by atoms with E-state index in [0.717, 1.165) is 19.4 Å². The smallest absolute Gasteiger partial charge is 0.221 e. The average molecular weight is 244 g/mol. The summed E-state index contributed by atoms with van der Waals surface area (Å²) in [5.74, 6) is 0.0940. The molecule has 0 radical (unpaired) electrons. The highest BCUT2D eigenvalue weighted by Crippen LogP contribution is 2.11. The van der Waals surface area contributed by atoms with Gasteiger partial charge in [-0.2, -0.15) is 0 Å². The van der Waals surface area contributed by atoms with Gasteiger partial charge in [-0.1, -0.05) is 0 Å². The maximum absolute atomic E-state index is 11.4. The van der Waals surface area contributed by atoms with Gasteiger partial charge >= 0.3 is 0 Å². The van der Waals surface area contributed by atoms with Crippen LogP contribution < -0.4 is 10.6 Å². The molecular weight excluding hydrogens is 220 g/mol. The standard InChI is InChI=1S/C12H24N2O3/c1-12(16,5-7-17-2)9-14-10-4-3-6-13-11(15)8-10/h10,14,16H,3-9H2,1-2H3,(H,13,15). The molecule has 5 nitrogen and oxygen atoms in total. The van der Waals surface area contributed by atoms with E-state index in [4.69, 9.17) is 4.74 Å². The molecular formula is C12H24N2O3. The molecule has 1 amide bonds. The lowest BCUT2D eigenvalue weighted by Crippen LogP contribution is -2.44. The molecule has 1 aliphatic rings. The number of carbonyl (C=O) groups is 1. The summed E-state index contributed by atoms with van der Waals surface area (Å²) in [5, 5.41) is 16.2. The monoisotopic (exact) mass is 244 g/mol. The first-order valence-corrected chi connectivity index (χ1v) is 6.25. The quantitative estimate of drug-likeness (QED) is 0.616. The van der Waals surface area contributed by atoms with Gasteiger partial charge in [0.25, 0.3) is 0 Å². The summed E-state index contributed by atoms with van der Waals surface area (Å²) in [7, 11) is 1.62. The van der Waals surface area contributed by atoms with Crippen molar-refractivity contribution in [2.24, 2.45) is 0 Å². The summed E-state index contributed by atoms with van der Waals surface area (Å²) in [6.45, 7) is 3.58. The summed E-state index contributed by atoms with van der Waals surface area (Å²) < 4.78 is 4.95. The Labute approximate surface area is 103 Å². The molecule has 0 saturated carbocycles. The summed E-state index contributed by atoms with van der Waals surface area (Å²) in [4.78, 5) is 11.4. The van der Waals surface area contributed by atoms with Gasteiger partial charge in [-0.3, -0.25) is 4.79 Å². The first-order valence-electron chi connectivity index (χ1n) is 6.25. The third kappa shape index (κ3) is 6.00. The van der Waals surface area contributed by atoms with Gasteiger partial charge in [0.2, 0.25) is 5.91 Å². The van der Waals surface area contributed by atoms with Crippen molar-refractivity contribution in [1.82, 2.24) is 10.6 Å². The second kappa shape index (κ2) is 6.93. The summed E-state index contributed by atoms with van der Waals surface area (Å²) in [5.41, 5.74) is -0.779. The predicted molar refractivity (Wildman–Crippen MR) is 65.8 cm³/mol. The lowest BCUT2D eigenvalue weighted by molar-refractivity contribution is -0.121. The summed E-state index contributed by atoms with van der Waals surface area (Å²) in [6.07, 6.45) is 3.05. The second-order valence-corrected chi connectivity index (χ2v) is 5.01. The van der Waals surface area contributed by atoms with Gasteiger partial charge in [0.05, 0.1) is 5.60 Å². The van der Waals surface area contributed by atoms with Crippen LogP contribution in [0.1, 0.15) is 32.6 Å². The normalized spacial score (nSPS) is 24.9. The fraction of sp³-hybridized carbons (Fsp3) is 0.917. The van der Waals surface area contributed by atoms with Gasteiger partial charge in [0.15, 0.2) is 0 Å². The molecule has 3 N–H and O–H groups in total. The molecule has 5 heteroatoms. The Bertz CT molecular complexity index is 244. The molecule has 1 saturated heterocycles. The van der Waals surface area contributed by atoms with E-state index in [1.165, 1.54) is 0 Å². The summed E-state index contributed by atoms with van der Waals surface area (Å²) >= 11 is 0. The van der Waals surface area contributed by atoms with E-state index < -0.39 is 5.60 Å². The predicted octanol–water partition coefficient (Wildman–Crippen LogP) is 0.0322. The van der Waals surface area contributed by atoms with Crippen LogP contribution in [0.25, 0.3) is 0 Å². The Hall–Kier alpha value is -0.650. The maximum atomic E-state index is 11.4. The number of carbonyl (C=O) groups excluding carboxylic acids is 1. The number of rotatable bonds is 6. The Morgan fingerprint density at radius 1 is 1.65 bits per heavy atom. The summed E-state index contributed by atoms with van der Waals surface area (Å²) in [6, 6.07) is 0.173. The minimum Gasteiger partial charge on any atom is -0.389 e. The fourth-order valence-corrected chi connectivity index (χ4v) is 1.92. The Morgan fingerprint density at radius 3 is 3.12 bits per heavy atom. The third-order valence-corrected chi connectivity index (χ3v) is 3.10. The van der Waals surface area contributed by atoms with Crippen LogP contribution in [0.4, 0.5) is 0 Å². The third-order valence-electron chi connectivity index (χ3n) is 3.10. The van der Waals surface area contributed by atoms with Crippen LogP contribution in [0, 0.1) is 0 Å². The van der Waals surface area contributed by atoms with Crippen molar-refractivity contribution in [2.75, 3.05) is 26.8 Å². The zero-order valence-electron chi connectivity index (χ0n) is 10.8.